The Hall–Kier alpha value is -1.29. The molecule has 2 aromatic heterocycles. The van der Waals surface area contributed by atoms with E-state index in [0.29, 0.717) is 17.2 Å². The summed E-state index contributed by atoms with van der Waals surface area (Å²) >= 11 is 6.10. The van der Waals surface area contributed by atoms with Gasteiger partial charge in [-0.05, 0) is 24.3 Å². The van der Waals surface area contributed by atoms with Gasteiger partial charge in [-0.3, -0.25) is 0 Å². The Bertz CT molecular complexity index is 632. The lowest BCUT2D eigenvalue weighted by Gasteiger charge is -2.34. The zero-order valence-corrected chi connectivity index (χ0v) is 13.5. The minimum absolute atomic E-state index is 0.317. The van der Waals surface area contributed by atoms with Crippen molar-refractivity contribution in [3.8, 4) is 5.88 Å². The van der Waals surface area contributed by atoms with Crippen LogP contribution in [0.2, 0.25) is 0 Å². The molecule has 3 rings (SSSR count). The fraction of sp³-hybridized carbons (Fsp3) is 0.625. The van der Waals surface area contributed by atoms with Gasteiger partial charge in [-0.15, -0.1) is 11.6 Å². The van der Waals surface area contributed by atoms with Crippen molar-refractivity contribution >= 4 is 22.8 Å². The van der Waals surface area contributed by atoms with Crippen molar-refractivity contribution in [3.63, 3.8) is 0 Å². The first-order valence-electron chi connectivity index (χ1n) is 7.61. The summed E-state index contributed by atoms with van der Waals surface area (Å²) in [4.78, 5) is 9.19. The number of nitrogens with zero attached hydrogens (tertiary/aromatic N) is 3. The molecule has 114 valence electrons. The van der Waals surface area contributed by atoms with Crippen LogP contribution in [0, 0.1) is 5.41 Å². The van der Waals surface area contributed by atoms with Crippen LogP contribution in [0.4, 0.5) is 0 Å². The molecule has 2 aromatic rings. The van der Waals surface area contributed by atoms with Crippen molar-refractivity contribution in [2.24, 2.45) is 5.41 Å². The number of hydrogen-bond acceptors (Lipinski definition) is 3. The normalized spacial score (nSPS) is 18.0. The smallest absolute Gasteiger partial charge is 0.215 e. The lowest BCUT2D eigenvalue weighted by atomic mass is 9.75. The highest BCUT2D eigenvalue weighted by Gasteiger charge is 2.29. The summed E-state index contributed by atoms with van der Waals surface area (Å²) in [7, 11) is 1.64. The van der Waals surface area contributed by atoms with E-state index in [1.807, 2.05) is 12.1 Å². The van der Waals surface area contributed by atoms with E-state index in [1.54, 1.807) is 7.11 Å². The zero-order chi connectivity index (χ0) is 14.9. The number of methoxy groups -OCH3 is 1. The number of ether oxygens (including phenoxy) is 1. The fourth-order valence-corrected chi connectivity index (χ4v) is 3.56. The van der Waals surface area contributed by atoms with Gasteiger partial charge in [0.15, 0.2) is 5.65 Å². The maximum atomic E-state index is 6.10. The van der Waals surface area contributed by atoms with Gasteiger partial charge in [-0.1, -0.05) is 26.2 Å². The predicted molar refractivity (Wildman–Crippen MR) is 84.8 cm³/mol. The molecule has 4 nitrogen and oxygen atoms in total. The molecule has 0 bridgehead atoms. The van der Waals surface area contributed by atoms with E-state index in [0.717, 1.165) is 23.5 Å². The van der Waals surface area contributed by atoms with Gasteiger partial charge in [0.1, 0.15) is 11.3 Å². The van der Waals surface area contributed by atoms with Crippen molar-refractivity contribution in [1.82, 2.24) is 14.5 Å². The van der Waals surface area contributed by atoms with Crippen LogP contribution < -0.4 is 4.74 Å². The molecule has 5 heteroatoms. The van der Waals surface area contributed by atoms with Crippen LogP contribution in [0.1, 0.15) is 44.9 Å². The zero-order valence-electron chi connectivity index (χ0n) is 12.7. The molecule has 0 aliphatic heterocycles. The highest BCUT2D eigenvalue weighted by molar-refractivity contribution is 6.16. The quantitative estimate of drug-likeness (QED) is 0.797. The number of aromatic nitrogens is 3. The van der Waals surface area contributed by atoms with Crippen LogP contribution in [0.15, 0.2) is 12.1 Å². The number of pyridine rings is 1. The minimum Gasteiger partial charge on any atom is -0.481 e. The van der Waals surface area contributed by atoms with E-state index < -0.39 is 0 Å². The van der Waals surface area contributed by atoms with Crippen molar-refractivity contribution in [3.05, 3.63) is 18.0 Å². The van der Waals surface area contributed by atoms with Gasteiger partial charge in [0.05, 0.1) is 13.0 Å². The third-order valence-electron chi connectivity index (χ3n) is 4.57. The van der Waals surface area contributed by atoms with Crippen LogP contribution in [0.25, 0.3) is 11.2 Å². The van der Waals surface area contributed by atoms with Crippen LogP contribution in [-0.4, -0.2) is 21.6 Å². The average molecular weight is 308 g/mol. The van der Waals surface area contributed by atoms with Crippen molar-refractivity contribution in [2.45, 2.75) is 51.5 Å². The van der Waals surface area contributed by atoms with E-state index in [4.69, 9.17) is 16.3 Å². The molecule has 0 saturated heterocycles. The van der Waals surface area contributed by atoms with E-state index in [1.165, 1.54) is 32.1 Å². The first-order valence-corrected chi connectivity index (χ1v) is 8.15. The highest BCUT2D eigenvalue weighted by atomic mass is 35.5. The summed E-state index contributed by atoms with van der Waals surface area (Å²) in [5, 5.41) is 0. The Morgan fingerprint density at radius 2 is 2.00 bits per heavy atom. The molecule has 0 radical (unpaired) electrons. The maximum Gasteiger partial charge on any atom is 0.215 e. The predicted octanol–water partition coefficient (Wildman–Crippen LogP) is 4.15. The summed E-state index contributed by atoms with van der Waals surface area (Å²) in [5.41, 5.74) is 2.10. The molecule has 0 N–H and O–H groups in total. The second-order valence-electron chi connectivity index (χ2n) is 6.32. The van der Waals surface area contributed by atoms with Crippen molar-refractivity contribution in [2.75, 3.05) is 7.11 Å². The van der Waals surface area contributed by atoms with Crippen LogP contribution in [0.5, 0.6) is 5.88 Å². The number of rotatable bonds is 4. The number of alkyl halides is 1. The largest absolute Gasteiger partial charge is 0.481 e. The van der Waals surface area contributed by atoms with E-state index in [2.05, 4.69) is 21.5 Å². The third kappa shape index (κ3) is 2.86. The number of fused-ring (bicyclic) bond motifs is 1. The Kier molecular flexibility index (Phi) is 4.07. The first-order chi connectivity index (χ1) is 10.1. The van der Waals surface area contributed by atoms with Crippen LogP contribution >= 0.6 is 11.6 Å². The molecule has 0 atom stereocenters. The summed E-state index contributed by atoms with van der Waals surface area (Å²) in [6, 6.07) is 3.80. The molecule has 21 heavy (non-hydrogen) atoms. The minimum atomic E-state index is 0.317. The van der Waals surface area contributed by atoms with E-state index in [-0.39, 0.29) is 0 Å². The Morgan fingerprint density at radius 3 is 2.67 bits per heavy atom. The highest BCUT2D eigenvalue weighted by Crippen LogP contribution is 2.38. The molecule has 1 saturated carbocycles. The number of halogens is 1. The lowest BCUT2D eigenvalue weighted by Crippen LogP contribution is -2.27. The Balaban J connectivity index is 2.02. The Labute approximate surface area is 130 Å². The standard InChI is InChI=1S/C16H22ClN3O/c1-16(8-4-3-5-9-16)11-20-13(10-17)18-12-6-7-14(21-2)19-15(12)20/h6-7H,3-5,8-11H2,1-2H3. The monoisotopic (exact) mass is 307 g/mol. The first kappa shape index (κ1) is 14.6. The number of hydrogen-bond donors (Lipinski definition) is 0. The molecular formula is C16H22ClN3O. The topological polar surface area (TPSA) is 39.9 Å². The molecule has 1 fully saturated rings. The molecule has 0 amide bonds. The summed E-state index contributed by atoms with van der Waals surface area (Å²) < 4.78 is 7.44. The SMILES string of the molecule is COc1ccc2nc(CCl)n(CC3(C)CCCCC3)c2n1. The second-order valence-corrected chi connectivity index (χ2v) is 6.58. The van der Waals surface area contributed by atoms with Crippen LogP contribution in [0.3, 0.4) is 0 Å². The van der Waals surface area contributed by atoms with Gasteiger partial charge in [0, 0.05) is 12.6 Å². The molecule has 1 aliphatic carbocycles. The van der Waals surface area contributed by atoms with Crippen LogP contribution in [-0.2, 0) is 12.4 Å². The molecular weight excluding hydrogens is 286 g/mol. The average Bonchev–Trinajstić information content (AvgIpc) is 2.84. The molecule has 2 heterocycles. The van der Waals surface area contributed by atoms with E-state index >= 15 is 0 Å². The fourth-order valence-electron chi connectivity index (χ4n) is 3.36. The van der Waals surface area contributed by atoms with Gasteiger partial charge in [-0.25, -0.2) is 4.98 Å². The maximum absolute atomic E-state index is 6.10. The molecule has 0 spiro atoms. The molecule has 1 aliphatic rings. The van der Waals surface area contributed by atoms with Crippen molar-refractivity contribution < 1.29 is 4.74 Å². The summed E-state index contributed by atoms with van der Waals surface area (Å²) in [6.45, 7) is 3.31. The number of imidazole rings is 1. The summed E-state index contributed by atoms with van der Waals surface area (Å²) in [6.07, 6.45) is 6.51. The van der Waals surface area contributed by atoms with Gasteiger partial charge in [0.25, 0.3) is 0 Å². The summed E-state index contributed by atoms with van der Waals surface area (Å²) in [5.74, 6) is 1.94. The van der Waals surface area contributed by atoms with E-state index in [9.17, 15) is 0 Å². The molecule has 0 unspecified atom stereocenters. The lowest BCUT2D eigenvalue weighted by molar-refractivity contribution is 0.183. The van der Waals surface area contributed by atoms with Gasteiger partial charge >= 0.3 is 0 Å². The van der Waals surface area contributed by atoms with Gasteiger partial charge in [0.2, 0.25) is 5.88 Å². The Morgan fingerprint density at radius 1 is 1.24 bits per heavy atom. The van der Waals surface area contributed by atoms with Gasteiger partial charge < -0.3 is 9.30 Å². The molecule has 0 aromatic carbocycles. The second kappa shape index (κ2) is 5.84. The third-order valence-corrected chi connectivity index (χ3v) is 4.81. The van der Waals surface area contributed by atoms with Gasteiger partial charge in [-0.2, -0.15) is 4.98 Å². The van der Waals surface area contributed by atoms with Crippen molar-refractivity contribution in [1.29, 1.82) is 0 Å².